The molecule has 2 aromatic rings. The number of ether oxygens (including phenoxy) is 2. The number of rotatable bonds is 7. The molecule has 222 valence electrons. The van der Waals surface area contributed by atoms with E-state index in [1.54, 1.807) is 19.1 Å². The van der Waals surface area contributed by atoms with Crippen molar-refractivity contribution in [2.75, 3.05) is 38.8 Å². The Morgan fingerprint density at radius 1 is 1.07 bits per heavy atom. The minimum atomic E-state index is -0.883. The Hall–Kier alpha value is -3.20. The van der Waals surface area contributed by atoms with Gasteiger partial charge in [0.1, 0.15) is 11.5 Å². The van der Waals surface area contributed by atoms with Crippen LogP contribution in [-0.4, -0.2) is 66.9 Å². The first-order valence-corrected chi connectivity index (χ1v) is 15.1. The van der Waals surface area contributed by atoms with Gasteiger partial charge in [0.15, 0.2) is 0 Å². The zero-order chi connectivity index (χ0) is 30.1. The maximum Gasteiger partial charge on any atom is 0.308 e. The SMILES string of the molecule is COc1ccc([C@@H]2S[C@@H](CC(=O)N3CCCC(C(=O)O)C3)C(=O)N(CC(C)(C)C)c3ccc(C)cc32)c(OC)c1C. The molecular weight excluding hydrogens is 540 g/mol. The summed E-state index contributed by atoms with van der Waals surface area (Å²) >= 11 is 1.47. The van der Waals surface area contributed by atoms with Gasteiger partial charge in [0.05, 0.1) is 30.6 Å². The quantitative estimate of drug-likeness (QED) is 0.453. The Labute approximate surface area is 247 Å². The summed E-state index contributed by atoms with van der Waals surface area (Å²) in [6.45, 7) is 11.5. The van der Waals surface area contributed by atoms with Crippen molar-refractivity contribution in [2.45, 2.75) is 64.4 Å². The van der Waals surface area contributed by atoms with E-state index in [1.807, 2.05) is 43.0 Å². The average Bonchev–Trinajstić information content (AvgIpc) is 3.02. The molecule has 0 radical (unpaired) electrons. The second kappa shape index (κ2) is 12.3. The molecular formula is C32H42N2O6S. The van der Waals surface area contributed by atoms with Gasteiger partial charge in [-0.1, -0.05) is 44.5 Å². The van der Waals surface area contributed by atoms with Gasteiger partial charge in [-0.3, -0.25) is 14.4 Å². The highest BCUT2D eigenvalue weighted by molar-refractivity contribution is 8.01. The van der Waals surface area contributed by atoms with Gasteiger partial charge in [0.2, 0.25) is 11.8 Å². The second-order valence-corrected chi connectivity index (χ2v) is 13.6. The Kier molecular flexibility index (Phi) is 9.26. The van der Waals surface area contributed by atoms with Crippen molar-refractivity contribution in [3.63, 3.8) is 0 Å². The fraction of sp³-hybridized carbons (Fsp3) is 0.531. The van der Waals surface area contributed by atoms with Crippen LogP contribution in [0.1, 0.15) is 67.5 Å². The van der Waals surface area contributed by atoms with Crippen LogP contribution in [0.5, 0.6) is 11.5 Å². The maximum atomic E-state index is 14.3. The van der Waals surface area contributed by atoms with Crippen LogP contribution < -0.4 is 14.4 Å². The van der Waals surface area contributed by atoms with Crippen molar-refractivity contribution in [3.8, 4) is 11.5 Å². The minimum absolute atomic E-state index is 0.00257. The van der Waals surface area contributed by atoms with E-state index in [9.17, 15) is 19.5 Å². The molecule has 2 aliphatic rings. The molecule has 4 rings (SSSR count). The first-order chi connectivity index (χ1) is 19.3. The molecule has 1 saturated heterocycles. The number of methoxy groups -OCH3 is 2. The van der Waals surface area contributed by atoms with Crippen molar-refractivity contribution >= 4 is 35.2 Å². The van der Waals surface area contributed by atoms with E-state index in [2.05, 4.69) is 26.8 Å². The molecule has 1 fully saturated rings. The predicted octanol–water partition coefficient (Wildman–Crippen LogP) is 5.62. The molecule has 2 aliphatic heterocycles. The number of anilines is 1. The molecule has 1 N–H and O–H groups in total. The molecule has 2 aromatic carbocycles. The monoisotopic (exact) mass is 582 g/mol. The van der Waals surface area contributed by atoms with Crippen molar-refractivity contribution in [1.82, 2.24) is 4.90 Å². The fourth-order valence-electron chi connectivity index (χ4n) is 5.82. The number of carboxylic acid groups (broad SMARTS) is 1. The van der Waals surface area contributed by atoms with Crippen molar-refractivity contribution in [2.24, 2.45) is 11.3 Å². The van der Waals surface area contributed by atoms with Crippen molar-refractivity contribution in [1.29, 1.82) is 0 Å². The summed E-state index contributed by atoms with van der Waals surface area (Å²) in [6, 6.07) is 10.1. The molecule has 9 heteroatoms. The summed E-state index contributed by atoms with van der Waals surface area (Å²) in [4.78, 5) is 43.1. The number of thioether (sulfide) groups is 1. The fourth-order valence-corrected chi connectivity index (χ4v) is 7.30. The van der Waals surface area contributed by atoms with E-state index in [-0.39, 0.29) is 35.4 Å². The lowest BCUT2D eigenvalue weighted by atomic mass is 9.93. The van der Waals surface area contributed by atoms with Crippen molar-refractivity contribution in [3.05, 3.63) is 52.6 Å². The van der Waals surface area contributed by atoms with E-state index >= 15 is 0 Å². The summed E-state index contributed by atoms with van der Waals surface area (Å²) in [5.41, 5.74) is 4.49. The Morgan fingerprint density at radius 3 is 2.44 bits per heavy atom. The molecule has 0 saturated carbocycles. The Balaban J connectivity index is 1.82. The maximum absolute atomic E-state index is 14.3. The molecule has 0 aliphatic carbocycles. The number of piperidine rings is 1. The summed E-state index contributed by atoms with van der Waals surface area (Å²) in [6.07, 6.45) is 1.20. The molecule has 0 spiro atoms. The number of hydrogen-bond acceptors (Lipinski definition) is 6. The van der Waals surface area contributed by atoms with Gasteiger partial charge in [-0.25, -0.2) is 0 Å². The standard InChI is InChI=1S/C32H42N2O6S/c1-19-10-12-24-23(15-19)29(22-11-13-25(39-6)20(2)28(22)40-7)41-26(30(36)34(24)18-32(3,4)5)16-27(35)33-14-8-9-21(17-33)31(37)38/h10-13,15,21,26,29H,8-9,14,16-18H2,1-7H3,(H,37,38)/t21?,26-,29-/m0/s1. The molecule has 8 nitrogen and oxygen atoms in total. The third-order valence-corrected chi connectivity index (χ3v) is 9.28. The van der Waals surface area contributed by atoms with Crippen LogP contribution in [0.2, 0.25) is 0 Å². The summed E-state index contributed by atoms with van der Waals surface area (Å²) in [7, 11) is 3.26. The number of carbonyl (C=O) groups excluding carboxylic acids is 2. The zero-order valence-electron chi connectivity index (χ0n) is 25.2. The van der Waals surface area contributed by atoms with Crippen LogP contribution in [0.15, 0.2) is 30.3 Å². The van der Waals surface area contributed by atoms with Gasteiger partial charge in [-0.15, -0.1) is 11.8 Å². The van der Waals surface area contributed by atoms with Crippen LogP contribution in [-0.2, 0) is 14.4 Å². The van der Waals surface area contributed by atoms with Crippen LogP contribution in [0.25, 0.3) is 0 Å². The Bertz CT molecular complexity index is 1320. The largest absolute Gasteiger partial charge is 0.496 e. The van der Waals surface area contributed by atoms with E-state index in [1.165, 1.54) is 11.8 Å². The number of carboxylic acids is 1. The normalized spacial score (nSPS) is 21.2. The first-order valence-electron chi connectivity index (χ1n) is 14.1. The minimum Gasteiger partial charge on any atom is -0.496 e. The topological polar surface area (TPSA) is 96.4 Å². The third kappa shape index (κ3) is 6.66. The lowest BCUT2D eigenvalue weighted by Gasteiger charge is -2.33. The number of fused-ring (bicyclic) bond motifs is 1. The molecule has 0 aromatic heterocycles. The zero-order valence-corrected chi connectivity index (χ0v) is 26.0. The second-order valence-electron chi connectivity index (χ2n) is 12.3. The van der Waals surface area contributed by atoms with Gasteiger partial charge < -0.3 is 24.4 Å². The van der Waals surface area contributed by atoms with Crippen LogP contribution >= 0.6 is 11.8 Å². The smallest absolute Gasteiger partial charge is 0.308 e. The first kappa shape index (κ1) is 30.8. The van der Waals surface area contributed by atoms with Gasteiger partial charge in [0.25, 0.3) is 0 Å². The van der Waals surface area contributed by atoms with E-state index in [4.69, 9.17) is 9.47 Å². The van der Waals surface area contributed by atoms with Gasteiger partial charge in [0, 0.05) is 42.9 Å². The molecule has 1 unspecified atom stereocenters. The summed E-state index contributed by atoms with van der Waals surface area (Å²) in [5, 5.41) is 8.60. The highest BCUT2D eigenvalue weighted by Gasteiger charge is 2.41. The number of likely N-dealkylation sites (tertiary alicyclic amines) is 1. The lowest BCUT2D eigenvalue weighted by Crippen LogP contribution is -2.46. The number of aliphatic carboxylic acids is 1. The third-order valence-electron chi connectivity index (χ3n) is 7.81. The van der Waals surface area contributed by atoms with E-state index in [0.29, 0.717) is 37.4 Å². The highest BCUT2D eigenvalue weighted by Crippen LogP contribution is 2.51. The van der Waals surface area contributed by atoms with Gasteiger partial charge in [-0.2, -0.15) is 0 Å². The number of aryl methyl sites for hydroxylation is 1. The summed E-state index contributed by atoms with van der Waals surface area (Å²) in [5.74, 6) is -0.348. The summed E-state index contributed by atoms with van der Waals surface area (Å²) < 4.78 is 11.5. The van der Waals surface area contributed by atoms with Gasteiger partial charge >= 0.3 is 5.97 Å². The van der Waals surface area contributed by atoms with E-state index < -0.39 is 17.1 Å². The predicted molar refractivity (Wildman–Crippen MR) is 162 cm³/mol. The van der Waals surface area contributed by atoms with Crippen molar-refractivity contribution < 1.29 is 29.0 Å². The average molecular weight is 583 g/mol. The molecule has 0 bridgehead atoms. The lowest BCUT2D eigenvalue weighted by molar-refractivity contribution is -0.146. The Morgan fingerprint density at radius 2 is 1.80 bits per heavy atom. The van der Waals surface area contributed by atoms with Crippen LogP contribution in [0.4, 0.5) is 5.69 Å². The highest BCUT2D eigenvalue weighted by atomic mass is 32.2. The molecule has 3 atom stereocenters. The van der Waals surface area contributed by atoms with Crippen LogP contribution in [0, 0.1) is 25.2 Å². The number of carbonyl (C=O) groups is 3. The van der Waals surface area contributed by atoms with Crippen LogP contribution in [0.3, 0.4) is 0 Å². The molecule has 41 heavy (non-hydrogen) atoms. The molecule has 2 heterocycles. The number of hydrogen-bond donors (Lipinski definition) is 1. The molecule has 2 amide bonds. The number of benzene rings is 2. The number of nitrogens with zero attached hydrogens (tertiary/aromatic N) is 2. The van der Waals surface area contributed by atoms with Gasteiger partial charge in [-0.05, 0) is 49.8 Å². The number of amides is 2. The van der Waals surface area contributed by atoms with E-state index in [0.717, 1.165) is 27.9 Å².